The van der Waals surface area contributed by atoms with Gasteiger partial charge >= 0.3 is 5.97 Å². The molecule has 0 aromatic heterocycles. The second kappa shape index (κ2) is 11.9. The van der Waals surface area contributed by atoms with E-state index in [2.05, 4.69) is 13.8 Å². The Labute approximate surface area is 136 Å². The van der Waals surface area contributed by atoms with Crippen molar-refractivity contribution in [2.45, 2.75) is 84.3 Å². The maximum atomic E-state index is 11.9. The van der Waals surface area contributed by atoms with Crippen molar-refractivity contribution in [1.82, 2.24) is 4.90 Å². The first kappa shape index (κ1) is 19.4. The number of esters is 1. The molecule has 1 fully saturated rings. The molecule has 22 heavy (non-hydrogen) atoms. The zero-order valence-corrected chi connectivity index (χ0v) is 14.6. The first-order chi connectivity index (χ1) is 10.7. The molecule has 0 radical (unpaired) electrons. The van der Waals surface area contributed by atoms with E-state index in [9.17, 15) is 9.90 Å². The van der Waals surface area contributed by atoms with Crippen molar-refractivity contribution in [1.29, 1.82) is 0 Å². The number of carbonyl (C=O) groups is 1. The third-order valence-corrected chi connectivity index (χ3v) is 4.50. The summed E-state index contributed by atoms with van der Waals surface area (Å²) in [5.74, 6) is -0.272. The molecule has 2 unspecified atom stereocenters. The van der Waals surface area contributed by atoms with Gasteiger partial charge in [-0.2, -0.15) is 0 Å². The van der Waals surface area contributed by atoms with E-state index in [0.717, 1.165) is 25.8 Å². The molecule has 1 heterocycles. The number of unbranched alkanes of at least 4 members (excludes halogenated alkanes) is 7. The Morgan fingerprint density at radius 2 is 1.68 bits per heavy atom. The van der Waals surface area contributed by atoms with Crippen LogP contribution in [0.5, 0.6) is 0 Å². The van der Waals surface area contributed by atoms with Crippen LogP contribution >= 0.6 is 0 Å². The Morgan fingerprint density at radius 1 is 1.05 bits per heavy atom. The van der Waals surface area contributed by atoms with Crippen LogP contribution in [0.3, 0.4) is 0 Å². The molecule has 0 bridgehead atoms. The molecule has 0 amide bonds. The number of rotatable bonds is 12. The van der Waals surface area contributed by atoms with Crippen molar-refractivity contribution >= 4 is 5.97 Å². The quantitative estimate of drug-likeness (QED) is 0.441. The number of carbonyl (C=O) groups excluding carboxylic acids is 1. The first-order valence-electron chi connectivity index (χ1n) is 9.27. The monoisotopic (exact) mass is 313 g/mol. The lowest BCUT2D eigenvalue weighted by Gasteiger charge is -2.19. The summed E-state index contributed by atoms with van der Waals surface area (Å²) in [5, 5.41) is 10.1. The number of aliphatic hydroxyl groups excluding tert-OH is 1. The van der Waals surface area contributed by atoms with Gasteiger partial charge in [0.05, 0.1) is 12.5 Å². The number of nitrogens with zero attached hydrogens (tertiary/aromatic N) is 1. The van der Waals surface area contributed by atoms with E-state index in [1.807, 2.05) is 4.90 Å². The molecule has 1 rings (SSSR count). The highest BCUT2D eigenvalue weighted by molar-refractivity contribution is 5.73. The summed E-state index contributed by atoms with van der Waals surface area (Å²) in [6.45, 7) is 6.38. The Hall–Kier alpha value is -0.610. The highest BCUT2D eigenvalue weighted by Crippen LogP contribution is 2.23. The predicted molar refractivity (Wildman–Crippen MR) is 89.5 cm³/mol. The van der Waals surface area contributed by atoms with Crippen LogP contribution in [0.15, 0.2) is 0 Å². The number of aliphatic hydroxyl groups is 1. The lowest BCUT2D eigenvalue weighted by molar-refractivity contribution is -0.148. The van der Waals surface area contributed by atoms with E-state index in [1.165, 1.54) is 38.5 Å². The normalized spacial score (nSPS) is 22.1. The Morgan fingerprint density at radius 3 is 2.36 bits per heavy atom. The number of hydrogen-bond donors (Lipinski definition) is 1. The number of likely N-dealkylation sites (tertiary alicyclic amines) is 1. The summed E-state index contributed by atoms with van der Waals surface area (Å²) in [5.41, 5.74) is 0. The van der Waals surface area contributed by atoms with Gasteiger partial charge < -0.3 is 9.84 Å². The third-order valence-electron chi connectivity index (χ3n) is 4.50. The van der Waals surface area contributed by atoms with E-state index < -0.39 is 6.23 Å². The molecule has 130 valence electrons. The summed E-state index contributed by atoms with van der Waals surface area (Å²) < 4.78 is 5.27. The van der Waals surface area contributed by atoms with Crippen molar-refractivity contribution in [2.75, 3.05) is 19.7 Å². The molecule has 0 spiro atoms. The SMILES string of the molecule is CCCCCCCCCN1CC(C(=O)OCCCC)CC1O. The molecule has 0 saturated carbocycles. The summed E-state index contributed by atoms with van der Waals surface area (Å²) in [6, 6.07) is 0. The molecule has 0 aromatic rings. The second-order valence-corrected chi connectivity index (χ2v) is 6.55. The van der Waals surface area contributed by atoms with Gasteiger partial charge in [0.15, 0.2) is 0 Å². The van der Waals surface area contributed by atoms with Gasteiger partial charge in [0.2, 0.25) is 0 Å². The van der Waals surface area contributed by atoms with Gasteiger partial charge in [0.1, 0.15) is 6.23 Å². The van der Waals surface area contributed by atoms with E-state index in [4.69, 9.17) is 4.74 Å². The molecular weight excluding hydrogens is 278 g/mol. The van der Waals surface area contributed by atoms with Crippen LogP contribution < -0.4 is 0 Å². The minimum absolute atomic E-state index is 0.130. The number of ether oxygens (including phenoxy) is 1. The molecule has 0 aromatic carbocycles. The standard InChI is InChI=1S/C18H35NO3/c1-3-5-7-8-9-10-11-12-19-15-16(14-17(19)20)18(21)22-13-6-4-2/h16-17,20H,3-15H2,1-2H3. The maximum absolute atomic E-state index is 11.9. The Bertz CT molecular complexity index is 296. The largest absolute Gasteiger partial charge is 0.465 e. The fraction of sp³-hybridized carbons (Fsp3) is 0.944. The van der Waals surface area contributed by atoms with Gasteiger partial charge in [-0.15, -0.1) is 0 Å². The summed E-state index contributed by atoms with van der Waals surface area (Å²) in [4.78, 5) is 14.0. The smallest absolute Gasteiger partial charge is 0.310 e. The molecule has 1 N–H and O–H groups in total. The summed E-state index contributed by atoms with van der Waals surface area (Å²) >= 11 is 0. The minimum Gasteiger partial charge on any atom is -0.465 e. The lowest BCUT2D eigenvalue weighted by atomic mass is 10.1. The van der Waals surface area contributed by atoms with Crippen LogP contribution in [0, 0.1) is 5.92 Å². The van der Waals surface area contributed by atoms with Gasteiger partial charge in [0.25, 0.3) is 0 Å². The van der Waals surface area contributed by atoms with Crippen LogP contribution in [0.25, 0.3) is 0 Å². The van der Waals surface area contributed by atoms with Crippen LogP contribution in [-0.2, 0) is 9.53 Å². The molecule has 4 heteroatoms. The average Bonchev–Trinajstić information content (AvgIpc) is 2.88. The first-order valence-corrected chi connectivity index (χ1v) is 9.27. The molecular formula is C18H35NO3. The molecule has 4 nitrogen and oxygen atoms in total. The van der Waals surface area contributed by atoms with Crippen molar-refractivity contribution < 1.29 is 14.6 Å². The van der Waals surface area contributed by atoms with Gasteiger partial charge in [-0.25, -0.2) is 0 Å². The van der Waals surface area contributed by atoms with Crippen LogP contribution in [0.1, 0.15) is 78.1 Å². The van der Waals surface area contributed by atoms with E-state index >= 15 is 0 Å². The Kier molecular flexibility index (Phi) is 10.5. The topological polar surface area (TPSA) is 49.8 Å². The average molecular weight is 313 g/mol. The highest BCUT2D eigenvalue weighted by atomic mass is 16.5. The number of hydrogen-bond acceptors (Lipinski definition) is 4. The van der Waals surface area contributed by atoms with E-state index in [-0.39, 0.29) is 11.9 Å². The van der Waals surface area contributed by atoms with E-state index in [0.29, 0.717) is 19.6 Å². The summed E-state index contributed by atoms with van der Waals surface area (Å²) in [6.07, 6.45) is 10.9. The maximum Gasteiger partial charge on any atom is 0.310 e. The fourth-order valence-electron chi connectivity index (χ4n) is 3.00. The van der Waals surface area contributed by atoms with Gasteiger partial charge in [-0.1, -0.05) is 58.8 Å². The predicted octanol–water partition coefficient (Wildman–Crippen LogP) is 3.72. The van der Waals surface area contributed by atoms with Gasteiger partial charge in [0, 0.05) is 19.5 Å². The molecule has 0 aliphatic carbocycles. The molecule has 1 aliphatic heterocycles. The zero-order chi connectivity index (χ0) is 16.2. The van der Waals surface area contributed by atoms with Gasteiger partial charge in [-0.3, -0.25) is 9.69 Å². The van der Waals surface area contributed by atoms with Crippen LogP contribution in [0.2, 0.25) is 0 Å². The van der Waals surface area contributed by atoms with Crippen molar-refractivity contribution in [3.63, 3.8) is 0 Å². The summed E-state index contributed by atoms with van der Waals surface area (Å²) in [7, 11) is 0. The van der Waals surface area contributed by atoms with Crippen molar-refractivity contribution in [3.8, 4) is 0 Å². The van der Waals surface area contributed by atoms with Crippen LogP contribution in [-0.4, -0.2) is 41.9 Å². The molecule has 1 saturated heterocycles. The fourth-order valence-corrected chi connectivity index (χ4v) is 3.00. The molecule has 1 aliphatic rings. The van der Waals surface area contributed by atoms with Crippen LogP contribution in [0.4, 0.5) is 0 Å². The van der Waals surface area contributed by atoms with Crippen molar-refractivity contribution in [3.05, 3.63) is 0 Å². The van der Waals surface area contributed by atoms with Gasteiger partial charge in [-0.05, 0) is 12.8 Å². The minimum atomic E-state index is -0.469. The molecule has 2 atom stereocenters. The second-order valence-electron chi connectivity index (χ2n) is 6.55. The Balaban J connectivity index is 2.11. The zero-order valence-electron chi connectivity index (χ0n) is 14.6. The lowest BCUT2D eigenvalue weighted by Crippen LogP contribution is -2.30. The highest BCUT2D eigenvalue weighted by Gasteiger charge is 2.35. The van der Waals surface area contributed by atoms with Crippen molar-refractivity contribution in [2.24, 2.45) is 5.92 Å². The third kappa shape index (κ3) is 7.59. The van der Waals surface area contributed by atoms with E-state index in [1.54, 1.807) is 0 Å².